The molecular weight excluding hydrogens is 371 g/mol. The molecule has 2 aromatic rings. The number of rotatable bonds is 2. The zero-order valence-corrected chi connectivity index (χ0v) is 11.9. The molecule has 0 unspecified atom stereocenters. The summed E-state index contributed by atoms with van der Waals surface area (Å²) >= 11 is 6.30. The van der Waals surface area contributed by atoms with Crippen LogP contribution in [0.1, 0.15) is 10.4 Å². The first kappa shape index (κ1) is 13.0. The van der Waals surface area contributed by atoms with Gasteiger partial charge in [0.25, 0.3) is 5.91 Å². The summed E-state index contributed by atoms with van der Waals surface area (Å²) in [6.45, 7) is 0. The lowest BCUT2D eigenvalue weighted by Gasteiger charge is -2.05. The summed E-state index contributed by atoms with van der Waals surface area (Å²) in [4.78, 5) is 23.3. The molecule has 0 atom stereocenters. The Bertz CT molecular complexity index is 608. The summed E-state index contributed by atoms with van der Waals surface area (Å²) in [5.41, 5.74) is 0.103. The molecular formula is C10H5Br2FN4O. The van der Waals surface area contributed by atoms with Gasteiger partial charge in [-0.2, -0.15) is 0 Å². The van der Waals surface area contributed by atoms with E-state index in [0.717, 1.165) is 12.3 Å². The molecule has 0 aliphatic rings. The molecule has 0 fully saturated rings. The van der Waals surface area contributed by atoms with Gasteiger partial charge in [-0.15, -0.1) is 0 Å². The quantitative estimate of drug-likeness (QED) is 0.876. The smallest absolute Gasteiger partial charge is 0.258 e. The van der Waals surface area contributed by atoms with Crippen molar-refractivity contribution in [3.63, 3.8) is 0 Å². The molecule has 2 aromatic heterocycles. The van der Waals surface area contributed by atoms with E-state index in [-0.39, 0.29) is 11.4 Å². The molecule has 2 heterocycles. The second kappa shape index (κ2) is 5.49. The van der Waals surface area contributed by atoms with Crippen LogP contribution in [0.5, 0.6) is 0 Å². The number of anilines is 1. The van der Waals surface area contributed by atoms with E-state index in [1.54, 1.807) is 0 Å². The molecule has 0 aliphatic heterocycles. The lowest BCUT2D eigenvalue weighted by molar-refractivity contribution is 0.102. The molecule has 5 nitrogen and oxygen atoms in total. The van der Waals surface area contributed by atoms with Gasteiger partial charge in [0.2, 0.25) is 0 Å². The summed E-state index contributed by atoms with van der Waals surface area (Å²) < 4.78 is 13.8. The molecule has 1 amide bonds. The first-order valence-corrected chi connectivity index (χ1v) is 6.25. The Labute approximate surface area is 118 Å². The maximum absolute atomic E-state index is 12.9. The number of nitrogens with one attached hydrogen (secondary N) is 1. The Hall–Kier alpha value is -1.41. The van der Waals surface area contributed by atoms with Crippen LogP contribution in [-0.2, 0) is 0 Å². The van der Waals surface area contributed by atoms with Crippen molar-refractivity contribution in [2.75, 3.05) is 5.32 Å². The van der Waals surface area contributed by atoms with E-state index in [1.807, 2.05) is 0 Å². The Kier molecular flexibility index (Phi) is 3.97. The van der Waals surface area contributed by atoms with E-state index >= 15 is 0 Å². The molecule has 8 heteroatoms. The highest BCUT2D eigenvalue weighted by molar-refractivity contribution is 9.11. The highest BCUT2D eigenvalue weighted by Crippen LogP contribution is 2.19. The van der Waals surface area contributed by atoms with E-state index in [0.29, 0.717) is 9.21 Å². The predicted molar refractivity (Wildman–Crippen MR) is 69.6 cm³/mol. The predicted octanol–water partition coefficient (Wildman–Crippen LogP) is 2.79. The lowest BCUT2D eigenvalue weighted by atomic mass is 10.2. The van der Waals surface area contributed by atoms with Crippen molar-refractivity contribution in [2.45, 2.75) is 0 Å². The fourth-order valence-corrected chi connectivity index (χ4v) is 2.06. The maximum Gasteiger partial charge on any atom is 0.258 e. The number of halogens is 3. The van der Waals surface area contributed by atoms with Crippen LogP contribution >= 0.6 is 31.9 Å². The molecule has 18 heavy (non-hydrogen) atoms. The molecule has 0 bridgehead atoms. The van der Waals surface area contributed by atoms with Gasteiger partial charge in [-0.3, -0.25) is 9.78 Å². The van der Waals surface area contributed by atoms with Crippen LogP contribution < -0.4 is 5.32 Å². The van der Waals surface area contributed by atoms with E-state index < -0.39 is 11.7 Å². The number of nitrogens with zero attached hydrogens (tertiary/aromatic N) is 3. The minimum absolute atomic E-state index is 0.103. The van der Waals surface area contributed by atoms with E-state index in [9.17, 15) is 9.18 Å². The third-order valence-corrected chi connectivity index (χ3v) is 2.83. The first-order chi connectivity index (χ1) is 8.56. The SMILES string of the molecule is O=C(Nc1ncc(Br)nc1Br)c1cncc(F)c1. The van der Waals surface area contributed by atoms with Crippen molar-refractivity contribution in [2.24, 2.45) is 0 Å². The molecule has 0 saturated heterocycles. The topological polar surface area (TPSA) is 67.8 Å². The van der Waals surface area contributed by atoms with Crippen molar-refractivity contribution < 1.29 is 9.18 Å². The van der Waals surface area contributed by atoms with E-state index in [1.165, 1.54) is 12.4 Å². The molecule has 2 rings (SSSR count). The minimum atomic E-state index is -0.580. The number of amides is 1. The first-order valence-electron chi connectivity index (χ1n) is 4.66. The normalized spacial score (nSPS) is 10.2. The van der Waals surface area contributed by atoms with Gasteiger partial charge in [-0.1, -0.05) is 0 Å². The lowest BCUT2D eigenvalue weighted by Crippen LogP contribution is -2.14. The van der Waals surface area contributed by atoms with Crippen molar-refractivity contribution in [3.05, 3.63) is 45.2 Å². The average Bonchev–Trinajstić information content (AvgIpc) is 2.32. The summed E-state index contributed by atoms with van der Waals surface area (Å²) in [6.07, 6.45) is 3.72. The number of hydrogen-bond acceptors (Lipinski definition) is 4. The summed E-state index contributed by atoms with van der Waals surface area (Å²) in [5, 5.41) is 2.49. The second-order valence-electron chi connectivity index (χ2n) is 3.18. The molecule has 0 spiro atoms. The highest BCUT2D eigenvalue weighted by atomic mass is 79.9. The summed E-state index contributed by atoms with van der Waals surface area (Å²) in [6, 6.07) is 1.09. The summed E-state index contributed by atoms with van der Waals surface area (Å²) in [7, 11) is 0. The fourth-order valence-electron chi connectivity index (χ4n) is 1.15. The Morgan fingerprint density at radius 3 is 2.72 bits per heavy atom. The van der Waals surface area contributed by atoms with Crippen LogP contribution in [-0.4, -0.2) is 20.9 Å². The van der Waals surface area contributed by atoms with Crippen LogP contribution in [0.15, 0.2) is 33.9 Å². The van der Waals surface area contributed by atoms with E-state index in [2.05, 4.69) is 52.1 Å². The fraction of sp³-hybridized carbons (Fsp3) is 0. The van der Waals surface area contributed by atoms with Gasteiger partial charge in [0.05, 0.1) is 18.0 Å². The van der Waals surface area contributed by atoms with Crippen molar-refractivity contribution in [1.29, 1.82) is 0 Å². The number of carbonyl (C=O) groups is 1. The molecule has 0 aromatic carbocycles. The minimum Gasteiger partial charge on any atom is -0.304 e. The van der Waals surface area contributed by atoms with Gasteiger partial charge >= 0.3 is 0 Å². The van der Waals surface area contributed by atoms with Crippen LogP contribution in [0.4, 0.5) is 10.2 Å². The molecule has 0 radical (unpaired) electrons. The third kappa shape index (κ3) is 3.08. The van der Waals surface area contributed by atoms with Crippen molar-refractivity contribution >= 4 is 43.6 Å². The van der Waals surface area contributed by atoms with Crippen LogP contribution in [0.25, 0.3) is 0 Å². The van der Waals surface area contributed by atoms with Crippen molar-refractivity contribution in [3.8, 4) is 0 Å². The average molecular weight is 376 g/mol. The third-order valence-electron chi connectivity index (χ3n) is 1.90. The highest BCUT2D eigenvalue weighted by Gasteiger charge is 2.11. The Morgan fingerprint density at radius 2 is 2.06 bits per heavy atom. The molecule has 0 saturated carbocycles. The maximum atomic E-state index is 12.9. The van der Waals surface area contributed by atoms with Gasteiger partial charge in [0, 0.05) is 6.20 Å². The number of carbonyl (C=O) groups excluding carboxylic acids is 1. The number of pyridine rings is 1. The van der Waals surface area contributed by atoms with Crippen LogP contribution in [0.2, 0.25) is 0 Å². The number of aromatic nitrogens is 3. The second-order valence-corrected chi connectivity index (χ2v) is 4.74. The zero-order valence-electron chi connectivity index (χ0n) is 8.69. The summed E-state index contributed by atoms with van der Waals surface area (Å²) in [5.74, 6) is -0.851. The van der Waals surface area contributed by atoms with Gasteiger partial charge in [0.1, 0.15) is 15.0 Å². The van der Waals surface area contributed by atoms with Gasteiger partial charge < -0.3 is 5.32 Å². The molecule has 92 valence electrons. The van der Waals surface area contributed by atoms with E-state index in [4.69, 9.17) is 0 Å². The standard InChI is InChI=1S/C10H5Br2FN4O/c11-7-4-15-9(8(12)16-7)17-10(18)5-1-6(13)3-14-2-5/h1-4H,(H,15,17,18). The van der Waals surface area contributed by atoms with Gasteiger partial charge in [-0.25, -0.2) is 14.4 Å². The molecule has 0 aliphatic carbocycles. The monoisotopic (exact) mass is 374 g/mol. The van der Waals surface area contributed by atoms with Crippen LogP contribution in [0, 0.1) is 5.82 Å². The van der Waals surface area contributed by atoms with Crippen LogP contribution in [0.3, 0.4) is 0 Å². The largest absolute Gasteiger partial charge is 0.304 e. The number of hydrogen-bond donors (Lipinski definition) is 1. The van der Waals surface area contributed by atoms with Gasteiger partial charge in [-0.05, 0) is 37.9 Å². The van der Waals surface area contributed by atoms with Crippen molar-refractivity contribution in [1.82, 2.24) is 15.0 Å². The molecule has 1 N–H and O–H groups in total. The Morgan fingerprint density at radius 1 is 1.28 bits per heavy atom. The Balaban J connectivity index is 2.21. The van der Waals surface area contributed by atoms with Gasteiger partial charge in [0.15, 0.2) is 5.82 Å². The zero-order chi connectivity index (χ0) is 13.1.